The molecule has 1 N–H and O–H groups in total. The van der Waals surface area contributed by atoms with Crippen LogP contribution in [0.3, 0.4) is 0 Å². The van der Waals surface area contributed by atoms with E-state index in [1.165, 1.54) is 37.8 Å². The number of hydrogen-bond acceptors (Lipinski definition) is 10. The number of terminal acetylenes is 1. The normalized spacial score (nSPS) is 23.7. The first-order valence-electron chi connectivity index (χ1n) is 18.8. The molecule has 3 saturated heterocycles. The second-order valence-corrected chi connectivity index (χ2v) is 15.9. The molecule has 16 heteroatoms. The number of hydrogen-bond donors (Lipinski definition) is 1. The highest BCUT2D eigenvalue weighted by Gasteiger charge is 2.51. The third-order valence-corrected chi connectivity index (χ3v) is 12.1. The van der Waals surface area contributed by atoms with Crippen molar-refractivity contribution in [3.8, 4) is 41.2 Å². The van der Waals surface area contributed by atoms with Crippen LogP contribution in [0.5, 0.6) is 17.6 Å². The van der Waals surface area contributed by atoms with Gasteiger partial charge in [-0.2, -0.15) is 9.97 Å². The van der Waals surface area contributed by atoms with Crippen LogP contribution in [-0.2, 0) is 9.53 Å². The van der Waals surface area contributed by atoms with Crippen LogP contribution in [0, 0.1) is 41.2 Å². The first kappa shape index (κ1) is 36.6. The number of ether oxygens (including phenoxy) is 3. The lowest BCUT2D eigenvalue weighted by Crippen LogP contribution is -2.56. The fraction of sp³-hybridized carbons (Fsp3) is 0.500. The summed E-state index contributed by atoms with van der Waals surface area (Å²) < 4.78 is 86.2. The van der Waals surface area contributed by atoms with Gasteiger partial charge in [0.25, 0.3) is 0 Å². The highest BCUT2D eigenvalue weighted by molar-refractivity contribution is 6.04. The number of amides is 1. The molecule has 0 spiro atoms. The number of aromatic hydroxyl groups is 1. The number of carbonyl (C=O) groups is 1. The summed E-state index contributed by atoms with van der Waals surface area (Å²) in [4.78, 5) is 33.2. The van der Waals surface area contributed by atoms with Crippen molar-refractivity contribution in [1.29, 1.82) is 0 Å². The van der Waals surface area contributed by atoms with E-state index in [-0.39, 0.29) is 87.2 Å². The molecular formula is C40H39F5N6O5. The molecule has 9 rings (SSSR count). The predicted octanol–water partition coefficient (Wildman–Crippen LogP) is 6.04. The van der Waals surface area contributed by atoms with Gasteiger partial charge in [0, 0.05) is 61.2 Å². The number of phenolic OH excluding ortho intramolecular Hbond substituents is 1. The topological polar surface area (TPSA) is 113 Å². The Morgan fingerprint density at radius 2 is 1.77 bits per heavy atom. The number of halogens is 5. The van der Waals surface area contributed by atoms with Crippen molar-refractivity contribution < 1.29 is 46.1 Å². The number of nitrogens with zero attached hydrogens (tertiary/aromatic N) is 6. The maximum absolute atomic E-state index is 17.3. The van der Waals surface area contributed by atoms with Crippen molar-refractivity contribution in [3.63, 3.8) is 0 Å². The summed E-state index contributed by atoms with van der Waals surface area (Å²) in [5.41, 5.74) is -0.681. The summed E-state index contributed by atoms with van der Waals surface area (Å²) in [5.74, 6) is 1.82. The minimum atomic E-state index is -4.84. The molecule has 5 fully saturated rings. The fourth-order valence-corrected chi connectivity index (χ4v) is 9.18. The average Bonchev–Trinajstić information content (AvgIpc) is 4.04. The number of piperazine rings is 1. The van der Waals surface area contributed by atoms with Gasteiger partial charge in [0.15, 0.2) is 5.82 Å². The Kier molecular flexibility index (Phi) is 8.88. The summed E-state index contributed by atoms with van der Waals surface area (Å²) in [5, 5.41) is 11.4. The summed E-state index contributed by atoms with van der Waals surface area (Å²) in [7, 11) is 1.35. The molecule has 3 aliphatic heterocycles. The second-order valence-electron chi connectivity index (χ2n) is 15.9. The van der Waals surface area contributed by atoms with E-state index in [4.69, 9.17) is 20.9 Å². The quantitative estimate of drug-likeness (QED) is 0.143. The molecular weight excluding hydrogens is 739 g/mol. The lowest BCUT2D eigenvalue weighted by molar-refractivity contribution is -0.324. The fourth-order valence-electron chi connectivity index (χ4n) is 9.18. The maximum Gasteiger partial charge on any atom is 0.522 e. The van der Waals surface area contributed by atoms with Gasteiger partial charge in [-0.3, -0.25) is 9.53 Å². The molecule has 2 aromatic carbocycles. The Morgan fingerprint density at radius 1 is 1.04 bits per heavy atom. The number of phenols is 1. The van der Waals surface area contributed by atoms with Crippen molar-refractivity contribution in [1.82, 2.24) is 24.8 Å². The Morgan fingerprint density at radius 3 is 2.43 bits per heavy atom. The molecule has 2 aliphatic carbocycles. The van der Waals surface area contributed by atoms with E-state index >= 15 is 8.78 Å². The van der Waals surface area contributed by atoms with E-state index in [9.17, 15) is 23.1 Å². The molecule has 2 aromatic heterocycles. The third-order valence-electron chi connectivity index (χ3n) is 12.1. The Hall–Kier alpha value is -5.01. The zero-order chi connectivity index (χ0) is 39.1. The third kappa shape index (κ3) is 6.68. The second kappa shape index (κ2) is 13.6. The number of carbonyl (C=O) groups excluding carboxylic acids is 1. The largest absolute Gasteiger partial charge is 0.522 e. The van der Waals surface area contributed by atoms with Crippen molar-refractivity contribution in [2.75, 3.05) is 57.9 Å². The Bertz CT molecular complexity index is 2270. The number of pyridine rings is 1. The van der Waals surface area contributed by atoms with E-state index in [2.05, 4.69) is 25.5 Å². The number of likely N-dealkylation sites (tertiary alicyclic amines) is 1. The van der Waals surface area contributed by atoms with E-state index in [0.717, 1.165) is 44.3 Å². The van der Waals surface area contributed by atoms with Crippen LogP contribution in [0.15, 0.2) is 24.3 Å². The van der Waals surface area contributed by atoms with Crippen LogP contribution >= 0.6 is 0 Å². The zero-order valence-electron chi connectivity index (χ0n) is 30.5. The van der Waals surface area contributed by atoms with Gasteiger partial charge in [0.1, 0.15) is 34.0 Å². The van der Waals surface area contributed by atoms with Gasteiger partial charge in [-0.25, -0.2) is 13.8 Å². The molecule has 1 amide bonds. The number of anilines is 1. The molecule has 56 heavy (non-hydrogen) atoms. The lowest BCUT2D eigenvalue weighted by atomic mass is 9.95. The van der Waals surface area contributed by atoms with Crippen LogP contribution in [0.4, 0.5) is 27.8 Å². The molecule has 2 bridgehead atoms. The zero-order valence-corrected chi connectivity index (χ0v) is 30.5. The standard InChI is InChI=1S/C40H39F5N6O5/c1-3-27-29(41)7-4-21-13-26(52)14-28(31(21)27)34-33(42)35-32(37(46-34)54-2)36(48-38(47-35)55-20-39(9-10-39)19-49-15-22-12-23(22)16-49)50-17-24-5-6-25(18-50)51(24)30(53)8-11-56-40(43,44)45/h1,4,7,13-14,22-25,52H,5-6,8-12,15-20H2,2H3. The van der Waals surface area contributed by atoms with Crippen LogP contribution in [0.2, 0.25) is 0 Å². The van der Waals surface area contributed by atoms with Gasteiger partial charge < -0.3 is 29.3 Å². The van der Waals surface area contributed by atoms with Gasteiger partial charge in [-0.1, -0.05) is 12.0 Å². The maximum atomic E-state index is 17.3. The van der Waals surface area contributed by atoms with E-state index in [1.54, 1.807) is 4.90 Å². The summed E-state index contributed by atoms with van der Waals surface area (Å²) >= 11 is 0. The minimum Gasteiger partial charge on any atom is -0.508 e. The van der Waals surface area contributed by atoms with Crippen molar-refractivity contribution >= 4 is 33.4 Å². The number of rotatable bonds is 11. The van der Waals surface area contributed by atoms with Gasteiger partial charge in [0.05, 0.1) is 32.3 Å². The van der Waals surface area contributed by atoms with Gasteiger partial charge in [0.2, 0.25) is 11.8 Å². The first-order valence-corrected chi connectivity index (χ1v) is 18.8. The number of methoxy groups -OCH3 is 1. The molecule has 294 valence electrons. The van der Waals surface area contributed by atoms with Crippen molar-refractivity contribution in [2.45, 2.75) is 57.0 Å². The smallest absolute Gasteiger partial charge is 0.508 e. The minimum absolute atomic E-state index is 0.0213. The summed E-state index contributed by atoms with van der Waals surface area (Å²) in [6, 6.07) is 4.45. The lowest BCUT2D eigenvalue weighted by Gasteiger charge is -2.42. The summed E-state index contributed by atoms with van der Waals surface area (Å²) in [6.45, 7) is 3.08. The highest BCUT2D eigenvalue weighted by Crippen LogP contribution is 2.51. The molecule has 4 unspecified atom stereocenters. The summed E-state index contributed by atoms with van der Waals surface area (Å²) in [6.07, 6.45) is 4.91. The molecule has 5 heterocycles. The number of alkyl halides is 3. The molecule has 5 aliphatic rings. The number of benzene rings is 2. The van der Waals surface area contributed by atoms with Crippen molar-refractivity contribution in [3.05, 3.63) is 41.5 Å². The van der Waals surface area contributed by atoms with E-state index in [0.29, 0.717) is 24.8 Å². The van der Waals surface area contributed by atoms with Crippen molar-refractivity contribution in [2.24, 2.45) is 17.3 Å². The van der Waals surface area contributed by atoms with Gasteiger partial charge >= 0.3 is 12.4 Å². The van der Waals surface area contributed by atoms with Crippen LogP contribution < -0.4 is 14.4 Å². The van der Waals surface area contributed by atoms with Crippen LogP contribution in [-0.4, -0.2) is 107 Å². The molecule has 2 saturated carbocycles. The molecule has 4 atom stereocenters. The van der Waals surface area contributed by atoms with Gasteiger partial charge in [-0.05, 0) is 67.5 Å². The average molecular weight is 779 g/mol. The number of fused-ring (bicyclic) bond motifs is 5. The van der Waals surface area contributed by atoms with E-state index in [1.807, 2.05) is 4.90 Å². The van der Waals surface area contributed by atoms with Crippen LogP contribution in [0.25, 0.3) is 32.9 Å². The van der Waals surface area contributed by atoms with Gasteiger partial charge in [-0.15, -0.1) is 19.6 Å². The highest BCUT2D eigenvalue weighted by atomic mass is 19.4. The molecule has 4 aromatic rings. The number of piperidine rings is 1. The SMILES string of the molecule is C#Cc1c(F)ccc2cc(O)cc(-c3nc(OC)c4c(N5CC6CCC(C5)N6C(=O)CCOC(F)(F)F)nc(OCC5(CN6CC7CC7C6)CC5)nc4c3F)c12. The molecule has 11 nitrogen and oxygen atoms in total. The predicted molar refractivity (Wildman–Crippen MR) is 194 cm³/mol. The monoisotopic (exact) mass is 778 g/mol. The molecule has 0 radical (unpaired) electrons. The van der Waals surface area contributed by atoms with E-state index < -0.39 is 36.9 Å². The Labute approximate surface area is 318 Å². The first-order chi connectivity index (χ1) is 26.8. The Balaban J connectivity index is 1.11. The van der Waals surface area contributed by atoms with Crippen LogP contribution in [0.1, 0.15) is 44.1 Å². The number of aromatic nitrogens is 3.